The van der Waals surface area contributed by atoms with Gasteiger partial charge in [-0.05, 0) is 44.1 Å². The summed E-state index contributed by atoms with van der Waals surface area (Å²) in [6.45, 7) is 8.26. The zero-order chi connectivity index (χ0) is 19.9. The van der Waals surface area contributed by atoms with E-state index >= 15 is 0 Å². The number of hydrogen-bond donors (Lipinski definition) is 1. The fourth-order valence-corrected chi connectivity index (χ4v) is 4.04. The molecule has 1 aromatic rings. The first-order chi connectivity index (χ1) is 13.5. The van der Waals surface area contributed by atoms with Crippen LogP contribution in [0.2, 0.25) is 0 Å². The van der Waals surface area contributed by atoms with Gasteiger partial charge in [0.15, 0.2) is 5.96 Å². The Morgan fingerprint density at radius 2 is 2.07 bits per heavy atom. The van der Waals surface area contributed by atoms with Gasteiger partial charge in [-0.1, -0.05) is 6.07 Å². The van der Waals surface area contributed by atoms with E-state index < -0.39 is 0 Å². The van der Waals surface area contributed by atoms with Crippen molar-refractivity contribution in [1.82, 2.24) is 20.0 Å². The number of guanidine groups is 1. The molecule has 0 spiro atoms. The second-order valence-corrected chi connectivity index (χ2v) is 8.08. The summed E-state index contributed by atoms with van der Waals surface area (Å²) >= 11 is 0. The first-order valence-electron chi connectivity index (χ1n) is 10.2. The summed E-state index contributed by atoms with van der Waals surface area (Å²) in [5, 5.41) is 3.46. The average Bonchev–Trinajstić information content (AvgIpc) is 3.13. The van der Waals surface area contributed by atoms with Crippen LogP contribution in [-0.4, -0.2) is 87.7 Å². The van der Waals surface area contributed by atoms with Crippen LogP contribution in [0.1, 0.15) is 17.5 Å². The first kappa shape index (κ1) is 21.0. The Balaban J connectivity index is 1.51. The second kappa shape index (κ2) is 10.2. The Labute approximate surface area is 168 Å². The van der Waals surface area contributed by atoms with E-state index in [1.54, 1.807) is 6.07 Å². The Morgan fingerprint density at radius 1 is 1.29 bits per heavy atom. The third kappa shape index (κ3) is 5.90. The van der Waals surface area contributed by atoms with Crippen molar-refractivity contribution < 1.29 is 9.13 Å². The van der Waals surface area contributed by atoms with Crippen LogP contribution in [0.4, 0.5) is 4.39 Å². The molecule has 0 aliphatic carbocycles. The molecule has 2 aliphatic heterocycles. The first-order valence-corrected chi connectivity index (χ1v) is 10.2. The van der Waals surface area contributed by atoms with Crippen molar-refractivity contribution in [3.05, 3.63) is 35.1 Å². The largest absolute Gasteiger partial charge is 0.379 e. The van der Waals surface area contributed by atoms with Gasteiger partial charge in [-0.25, -0.2) is 4.39 Å². The van der Waals surface area contributed by atoms with Crippen LogP contribution in [0, 0.1) is 11.7 Å². The summed E-state index contributed by atoms with van der Waals surface area (Å²) in [7, 11) is 5.74. The van der Waals surface area contributed by atoms with Gasteiger partial charge in [-0.15, -0.1) is 0 Å². The molecule has 28 heavy (non-hydrogen) atoms. The second-order valence-electron chi connectivity index (χ2n) is 8.08. The Hall–Kier alpha value is -1.70. The molecule has 0 amide bonds. The lowest BCUT2D eigenvalue weighted by Gasteiger charge is -2.29. The molecule has 1 atom stereocenters. The minimum absolute atomic E-state index is 0.146. The number of hydrogen-bond acceptors (Lipinski definition) is 4. The highest BCUT2D eigenvalue weighted by atomic mass is 19.1. The minimum Gasteiger partial charge on any atom is -0.379 e. The van der Waals surface area contributed by atoms with Crippen molar-refractivity contribution >= 4 is 5.96 Å². The van der Waals surface area contributed by atoms with Gasteiger partial charge in [0, 0.05) is 58.4 Å². The van der Waals surface area contributed by atoms with Gasteiger partial charge in [-0.3, -0.25) is 9.89 Å². The summed E-state index contributed by atoms with van der Waals surface area (Å²) in [6.07, 6.45) is 1.20. The minimum atomic E-state index is -0.146. The molecule has 1 N–H and O–H groups in total. The van der Waals surface area contributed by atoms with Crippen molar-refractivity contribution in [2.24, 2.45) is 10.9 Å². The molecule has 1 aromatic carbocycles. The van der Waals surface area contributed by atoms with Gasteiger partial charge < -0.3 is 19.9 Å². The number of likely N-dealkylation sites (tertiary alicyclic amines) is 1. The number of benzene rings is 1. The molecule has 7 heteroatoms. The summed E-state index contributed by atoms with van der Waals surface area (Å²) in [5.74, 6) is 1.46. The molecule has 0 radical (unpaired) electrons. The smallest absolute Gasteiger partial charge is 0.193 e. The maximum absolute atomic E-state index is 14.0. The Kier molecular flexibility index (Phi) is 7.65. The van der Waals surface area contributed by atoms with Gasteiger partial charge >= 0.3 is 0 Å². The summed E-state index contributed by atoms with van der Waals surface area (Å²) in [4.78, 5) is 11.3. The van der Waals surface area contributed by atoms with Gasteiger partial charge in [0.1, 0.15) is 5.82 Å². The number of morpholine rings is 1. The number of ether oxygens (including phenoxy) is 1. The number of aliphatic imine (C=N–C) groups is 1. The maximum Gasteiger partial charge on any atom is 0.193 e. The number of nitrogens with zero attached hydrogens (tertiary/aromatic N) is 4. The van der Waals surface area contributed by atoms with Crippen LogP contribution >= 0.6 is 0 Å². The standard InChI is InChI=1S/C21H34FN5O/c1-23-21(24-13-17-4-5-20(22)19(12-17)16-25(2)3)27-7-6-18(15-27)14-26-8-10-28-11-9-26/h4-5,12,18H,6-11,13-16H2,1-3H3,(H,23,24). The van der Waals surface area contributed by atoms with Crippen molar-refractivity contribution in [1.29, 1.82) is 0 Å². The average molecular weight is 392 g/mol. The predicted molar refractivity (Wildman–Crippen MR) is 111 cm³/mol. The van der Waals surface area contributed by atoms with E-state index in [9.17, 15) is 4.39 Å². The number of nitrogens with one attached hydrogen (secondary N) is 1. The number of halogens is 1. The van der Waals surface area contributed by atoms with Crippen LogP contribution in [-0.2, 0) is 17.8 Å². The van der Waals surface area contributed by atoms with Gasteiger partial charge in [0.05, 0.1) is 13.2 Å². The molecule has 6 nitrogen and oxygen atoms in total. The van der Waals surface area contributed by atoms with Gasteiger partial charge in [0.25, 0.3) is 0 Å². The van der Waals surface area contributed by atoms with E-state index in [1.165, 1.54) is 6.42 Å². The van der Waals surface area contributed by atoms with Crippen LogP contribution in [0.15, 0.2) is 23.2 Å². The van der Waals surface area contributed by atoms with E-state index in [0.29, 0.717) is 19.0 Å². The highest BCUT2D eigenvalue weighted by molar-refractivity contribution is 5.80. The normalized spacial score (nSPS) is 21.5. The zero-order valence-corrected chi connectivity index (χ0v) is 17.5. The molecule has 0 bridgehead atoms. The van der Waals surface area contributed by atoms with Crippen molar-refractivity contribution in [3.63, 3.8) is 0 Å². The predicted octanol–water partition coefficient (Wildman–Crippen LogP) is 1.62. The van der Waals surface area contributed by atoms with Gasteiger partial charge in [0.2, 0.25) is 0 Å². The van der Waals surface area contributed by atoms with Crippen LogP contribution in [0.3, 0.4) is 0 Å². The van der Waals surface area contributed by atoms with E-state index in [0.717, 1.165) is 63.0 Å². The van der Waals surface area contributed by atoms with Gasteiger partial charge in [-0.2, -0.15) is 0 Å². The van der Waals surface area contributed by atoms with E-state index in [2.05, 4.69) is 20.1 Å². The van der Waals surface area contributed by atoms with Crippen LogP contribution in [0.25, 0.3) is 0 Å². The molecular formula is C21H34FN5O. The molecular weight excluding hydrogens is 357 g/mol. The third-order valence-corrected chi connectivity index (χ3v) is 5.46. The molecule has 2 aliphatic rings. The fraction of sp³-hybridized carbons (Fsp3) is 0.667. The summed E-state index contributed by atoms with van der Waals surface area (Å²) in [5.41, 5.74) is 1.80. The highest BCUT2D eigenvalue weighted by Gasteiger charge is 2.27. The lowest BCUT2D eigenvalue weighted by Crippen LogP contribution is -2.42. The monoisotopic (exact) mass is 391 g/mol. The van der Waals surface area contributed by atoms with E-state index in [-0.39, 0.29) is 5.82 Å². The van der Waals surface area contributed by atoms with Crippen molar-refractivity contribution in [3.8, 4) is 0 Å². The molecule has 3 rings (SSSR count). The third-order valence-electron chi connectivity index (χ3n) is 5.46. The zero-order valence-electron chi connectivity index (χ0n) is 17.5. The molecule has 2 heterocycles. The maximum atomic E-state index is 14.0. The lowest BCUT2D eigenvalue weighted by atomic mass is 10.1. The van der Waals surface area contributed by atoms with Crippen LogP contribution < -0.4 is 5.32 Å². The molecule has 0 saturated carbocycles. The van der Waals surface area contributed by atoms with Crippen LogP contribution in [0.5, 0.6) is 0 Å². The summed E-state index contributed by atoms with van der Waals surface area (Å²) in [6, 6.07) is 5.35. The SMILES string of the molecule is CN=C(NCc1ccc(F)c(CN(C)C)c1)N1CCC(CN2CCOCC2)C1. The van der Waals surface area contributed by atoms with Crippen molar-refractivity contribution in [2.45, 2.75) is 19.5 Å². The quantitative estimate of drug-likeness (QED) is 0.590. The molecule has 156 valence electrons. The molecule has 2 saturated heterocycles. The molecule has 1 unspecified atom stereocenters. The highest BCUT2D eigenvalue weighted by Crippen LogP contribution is 2.18. The van der Waals surface area contributed by atoms with E-state index in [1.807, 2.05) is 38.2 Å². The van der Waals surface area contributed by atoms with Crippen molar-refractivity contribution in [2.75, 3.05) is 67.1 Å². The molecule has 0 aromatic heterocycles. The number of rotatable bonds is 6. The molecule has 2 fully saturated rings. The van der Waals surface area contributed by atoms with E-state index in [4.69, 9.17) is 4.74 Å². The summed E-state index contributed by atoms with van der Waals surface area (Å²) < 4.78 is 19.4. The lowest BCUT2D eigenvalue weighted by molar-refractivity contribution is 0.0315. The Morgan fingerprint density at radius 3 is 2.79 bits per heavy atom. The Bertz CT molecular complexity index is 660. The fourth-order valence-electron chi connectivity index (χ4n) is 4.04. The topological polar surface area (TPSA) is 43.3 Å².